The second kappa shape index (κ2) is 5.52. The molecule has 0 radical (unpaired) electrons. The van der Waals surface area contributed by atoms with Gasteiger partial charge in [0.25, 0.3) is 5.91 Å². The average Bonchev–Trinajstić information content (AvgIpc) is 2.78. The van der Waals surface area contributed by atoms with Gasteiger partial charge in [-0.25, -0.2) is 4.39 Å². The molecule has 1 N–H and O–H groups in total. The van der Waals surface area contributed by atoms with Gasteiger partial charge in [0.1, 0.15) is 5.82 Å². The lowest BCUT2D eigenvalue weighted by molar-refractivity contribution is 0.0630. The zero-order chi connectivity index (χ0) is 14.1. The van der Waals surface area contributed by atoms with Crippen molar-refractivity contribution in [1.29, 1.82) is 0 Å². The summed E-state index contributed by atoms with van der Waals surface area (Å²) in [7, 11) is 0. The maximum atomic E-state index is 13.3. The number of hydrogen-bond acceptors (Lipinski definition) is 2. The maximum Gasteiger partial charge on any atom is 0.254 e. The molecule has 1 amide bonds. The molecule has 108 valence electrons. The average molecular weight is 276 g/mol. The SMILES string of the molecule is CCN(C(=O)c1cccc(F)c1)C1CC2CCC(C1)N2. The summed E-state index contributed by atoms with van der Waals surface area (Å²) in [5.74, 6) is -0.393. The van der Waals surface area contributed by atoms with Crippen LogP contribution in [0.5, 0.6) is 0 Å². The molecule has 3 nitrogen and oxygen atoms in total. The molecule has 2 aliphatic rings. The van der Waals surface area contributed by atoms with E-state index in [9.17, 15) is 9.18 Å². The molecule has 2 aliphatic heterocycles. The highest BCUT2D eigenvalue weighted by molar-refractivity contribution is 5.94. The Balaban J connectivity index is 1.77. The predicted molar refractivity (Wildman–Crippen MR) is 76.1 cm³/mol. The third kappa shape index (κ3) is 2.57. The number of fused-ring (bicyclic) bond motifs is 2. The van der Waals surface area contributed by atoms with Gasteiger partial charge in [-0.3, -0.25) is 4.79 Å². The summed E-state index contributed by atoms with van der Waals surface area (Å²) in [6.07, 6.45) is 4.47. The van der Waals surface area contributed by atoms with E-state index in [1.807, 2.05) is 11.8 Å². The molecule has 0 spiro atoms. The first-order valence-corrected chi connectivity index (χ1v) is 7.50. The van der Waals surface area contributed by atoms with Crippen LogP contribution in [0.25, 0.3) is 0 Å². The Kier molecular flexibility index (Phi) is 3.74. The van der Waals surface area contributed by atoms with Gasteiger partial charge in [-0.1, -0.05) is 6.07 Å². The van der Waals surface area contributed by atoms with E-state index in [4.69, 9.17) is 0 Å². The highest BCUT2D eigenvalue weighted by atomic mass is 19.1. The molecule has 0 aliphatic carbocycles. The molecule has 0 saturated carbocycles. The second-order valence-electron chi connectivity index (χ2n) is 5.86. The van der Waals surface area contributed by atoms with Crippen LogP contribution in [-0.4, -0.2) is 35.5 Å². The molecule has 4 heteroatoms. The number of nitrogens with one attached hydrogen (secondary N) is 1. The van der Waals surface area contributed by atoms with Crippen molar-refractivity contribution in [2.75, 3.05) is 6.54 Å². The monoisotopic (exact) mass is 276 g/mol. The fraction of sp³-hybridized carbons (Fsp3) is 0.562. The number of halogens is 1. The molecule has 2 fully saturated rings. The van der Waals surface area contributed by atoms with E-state index in [-0.39, 0.29) is 17.8 Å². The van der Waals surface area contributed by atoms with Crippen LogP contribution >= 0.6 is 0 Å². The zero-order valence-corrected chi connectivity index (χ0v) is 11.8. The fourth-order valence-corrected chi connectivity index (χ4v) is 3.64. The van der Waals surface area contributed by atoms with Crippen LogP contribution in [0.15, 0.2) is 24.3 Å². The Morgan fingerprint density at radius 2 is 2.05 bits per heavy atom. The number of rotatable bonds is 3. The van der Waals surface area contributed by atoms with Gasteiger partial charge in [-0.05, 0) is 50.8 Å². The number of carbonyl (C=O) groups excluding carboxylic acids is 1. The summed E-state index contributed by atoms with van der Waals surface area (Å²) in [5.41, 5.74) is 0.456. The highest BCUT2D eigenvalue weighted by Gasteiger charge is 2.37. The molecule has 1 aromatic carbocycles. The minimum Gasteiger partial charge on any atom is -0.336 e. The van der Waals surface area contributed by atoms with Crippen LogP contribution in [0.3, 0.4) is 0 Å². The summed E-state index contributed by atoms with van der Waals surface area (Å²) < 4.78 is 13.3. The molecule has 2 saturated heterocycles. The Bertz CT molecular complexity index is 493. The van der Waals surface area contributed by atoms with E-state index >= 15 is 0 Å². The van der Waals surface area contributed by atoms with Crippen molar-refractivity contribution in [2.24, 2.45) is 0 Å². The van der Waals surface area contributed by atoms with Gasteiger partial charge in [-0.15, -0.1) is 0 Å². The van der Waals surface area contributed by atoms with Crippen molar-refractivity contribution in [2.45, 2.75) is 50.7 Å². The van der Waals surface area contributed by atoms with Crippen molar-refractivity contribution in [3.63, 3.8) is 0 Å². The molecule has 20 heavy (non-hydrogen) atoms. The van der Waals surface area contributed by atoms with Crippen molar-refractivity contribution >= 4 is 5.91 Å². The lowest BCUT2D eigenvalue weighted by Gasteiger charge is -2.37. The number of piperidine rings is 1. The Hall–Kier alpha value is -1.42. The lowest BCUT2D eigenvalue weighted by atomic mass is 9.97. The molecular weight excluding hydrogens is 255 g/mol. The lowest BCUT2D eigenvalue weighted by Crippen LogP contribution is -2.50. The van der Waals surface area contributed by atoms with Crippen LogP contribution in [0.1, 0.15) is 43.0 Å². The summed E-state index contributed by atoms with van der Waals surface area (Å²) in [6.45, 7) is 2.68. The normalized spacial score (nSPS) is 28.4. The largest absolute Gasteiger partial charge is 0.336 e. The quantitative estimate of drug-likeness (QED) is 0.920. The van der Waals surface area contributed by atoms with Crippen molar-refractivity contribution in [3.8, 4) is 0 Å². The van der Waals surface area contributed by atoms with Crippen molar-refractivity contribution < 1.29 is 9.18 Å². The second-order valence-corrected chi connectivity index (χ2v) is 5.86. The molecule has 2 heterocycles. The zero-order valence-electron chi connectivity index (χ0n) is 11.8. The van der Waals surface area contributed by atoms with Gasteiger partial charge in [0, 0.05) is 30.2 Å². The van der Waals surface area contributed by atoms with Gasteiger partial charge in [-0.2, -0.15) is 0 Å². The van der Waals surface area contributed by atoms with Crippen LogP contribution in [0.2, 0.25) is 0 Å². The smallest absolute Gasteiger partial charge is 0.254 e. The van der Waals surface area contributed by atoms with Gasteiger partial charge >= 0.3 is 0 Å². The van der Waals surface area contributed by atoms with Crippen LogP contribution in [-0.2, 0) is 0 Å². The molecule has 3 rings (SSSR count). The van der Waals surface area contributed by atoms with Gasteiger partial charge in [0.15, 0.2) is 0 Å². The summed E-state index contributed by atoms with van der Waals surface area (Å²) in [4.78, 5) is 14.5. The van der Waals surface area contributed by atoms with Crippen LogP contribution in [0.4, 0.5) is 4.39 Å². The Morgan fingerprint density at radius 1 is 1.35 bits per heavy atom. The molecule has 0 aromatic heterocycles. The topological polar surface area (TPSA) is 32.3 Å². The highest BCUT2D eigenvalue weighted by Crippen LogP contribution is 2.30. The molecule has 2 unspecified atom stereocenters. The molecule has 2 bridgehead atoms. The number of carbonyl (C=O) groups is 1. The number of amides is 1. The Labute approximate surface area is 119 Å². The van der Waals surface area contributed by atoms with E-state index in [1.54, 1.807) is 12.1 Å². The van der Waals surface area contributed by atoms with Gasteiger partial charge in [0.2, 0.25) is 0 Å². The third-order valence-corrected chi connectivity index (χ3v) is 4.56. The predicted octanol–water partition coefficient (Wildman–Crippen LogP) is 2.57. The first kappa shape index (κ1) is 13.6. The van der Waals surface area contributed by atoms with Gasteiger partial charge in [0.05, 0.1) is 0 Å². The summed E-state index contributed by atoms with van der Waals surface area (Å²) >= 11 is 0. The fourth-order valence-electron chi connectivity index (χ4n) is 3.64. The number of benzene rings is 1. The maximum absolute atomic E-state index is 13.3. The first-order chi connectivity index (χ1) is 9.67. The van der Waals surface area contributed by atoms with Crippen molar-refractivity contribution in [1.82, 2.24) is 10.2 Å². The van der Waals surface area contributed by atoms with Crippen LogP contribution < -0.4 is 5.32 Å². The first-order valence-electron chi connectivity index (χ1n) is 7.50. The number of hydrogen-bond donors (Lipinski definition) is 1. The minimum absolute atomic E-state index is 0.0432. The minimum atomic E-state index is -0.350. The van der Waals surface area contributed by atoms with Crippen LogP contribution in [0, 0.1) is 5.82 Å². The molecular formula is C16H21FN2O. The standard InChI is InChI=1S/C16H21FN2O/c1-2-19(15-9-13-6-7-14(10-15)18-13)16(20)11-4-3-5-12(17)8-11/h3-5,8,13-15,18H,2,6-7,9-10H2,1H3. The molecule has 1 aromatic rings. The van der Waals surface area contributed by atoms with E-state index in [1.165, 1.54) is 25.0 Å². The summed E-state index contributed by atoms with van der Waals surface area (Å²) in [6, 6.07) is 7.39. The van der Waals surface area contributed by atoms with E-state index in [0.29, 0.717) is 24.2 Å². The van der Waals surface area contributed by atoms with E-state index in [0.717, 1.165) is 12.8 Å². The Morgan fingerprint density at radius 3 is 2.65 bits per heavy atom. The summed E-state index contributed by atoms with van der Waals surface area (Å²) in [5, 5.41) is 3.59. The van der Waals surface area contributed by atoms with E-state index in [2.05, 4.69) is 5.32 Å². The van der Waals surface area contributed by atoms with Crippen molar-refractivity contribution in [3.05, 3.63) is 35.6 Å². The van der Waals surface area contributed by atoms with E-state index < -0.39 is 0 Å². The number of nitrogens with zero attached hydrogens (tertiary/aromatic N) is 1. The third-order valence-electron chi connectivity index (χ3n) is 4.56. The molecule has 2 atom stereocenters. The van der Waals surface area contributed by atoms with Gasteiger partial charge < -0.3 is 10.2 Å².